The van der Waals surface area contributed by atoms with Crippen LogP contribution >= 0.6 is 0 Å². The summed E-state index contributed by atoms with van der Waals surface area (Å²) in [6.07, 6.45) is 9.29. The summed E-state index contributed by atoms with van der Waals surface area (Å²) in [5.74, 6) is 0.726. The van der Waals surface area contributed by atoms with Crippen LogP contribution in [-0.2, 0) is 14.2 Å². The topological polar surface area (TPSA) is 30.9 Å². The number of methoxy groups -OCH3 is 1. The SMILES string of the molecule is C=CCN(CCOC)CCC1COCCCC(C(C)(C)CCC)CCO1. The van der Waals surface area contributed by atoms with Crippen molar-refractivity contribution in [3.63, 3.8) is 0 Å². The van der Waals surface area contributed by atoms with Crippen molar-refractivity contribution < 1.29 is 14.2 Å². The van der Waals surface area contributed by atoms with Crippen molar-refractivity contribution in [3.8, 4) is 0 Å². The molecular formula is C22H43NO3. The minimum absolute atomic E-state index is 0.192. The Bertz CT molecular complexity index is 359. The van der Waals surface area contributed by atoms with E-state index in [9.17, 15) is 0 Å². The van der Waals surface area contributed by atoms with Gasteiger partial charge in [-0.05, 0) is 43.4 Å². The fraction of sp³-hybridized carbons (Fsp3) is 0.909. The van der Waals surface area contributed by atoms with Crippen molar-refractivity contribution in [2.75, 3.05) is 53.2 Å². The van der Waals surface area contributed by atoms with Crippen LogP contribution in [0.5, 0.6) is 0 Å². The molecule has 0 saturated carbocycles. The highest BCUT2D eigenvalue weighted by molar-refractivity contribution is 4.79. The Labute approximate surface area is 162 Å². The average molecular weight is 370 g/mol. The van der Waals surface area contributed by atoms with Gasteiger partial charge in [-0.25, -0.2) is 0 Å². The summed E-state index contributed by atoms with van der Waals surface area (Å²) >= 11 is 0. The molecule has 0 amide bonds. The Kier molecular flexibility index (Phi) is 12.4. The lowest BCUT2D eigenvalue weighted by molar-refractivity contribution is -0.0437. The first-order chi connectivity index (χ1) is 12.5. The van der Waals surface area contributed by atoms with Crippen LogP contribution in [0, 0.1) is 11.3 Å². The number of ether oxygens (including phenoxy) is 3. The molecule has 1 heterocycles. The molecule has 1 aliphatic heterocycles. The van der Waals surface area contributed by atoms with Crippen LogP contribution in [0.2, 0.25) is 0 Å². The monoisotopic (exact) mass is 369 g/mol. The third kappa shape index (κ3) is 9.50. The Morgan fingerprint density at radius 2 is 2.04 bits per heavy atom. The number of hydrogen-bond donors (Lipinski definition) is 0. The Hall–Kier alpha value is -0.420. The third-order valence-electron chi connectivity index (χ3n) is 5.73. The number of nitrogens with zero attached hydrogens (tertiary/aromatic N) is 1. The zero-order valence-corrected chi connectivity index (χ0v) is 17.8. The van der Waals surface area contributed by atoms with Crippen LogP contribution < -0.4 is 0 Å². The molecule has 0 spiro atoms. The maximum Gasteiger partial charge on any atom is 0.0820 e. The summed E-state index contributed by atoms with van der Waals surface area (Å²) in [4.78, 5) is 2.37. The molecule has 0 radical (unpaired) electrons. The predicted molar refractivity (Wildman–Crippen MR) is 110 cm³/mol. The largest absolute Gasteiger partial charge is 0.383 e. The molecule has 1 aliphatic rings. The minimum Gasteiger partial charge on any atom is -0.383 e. The van der Waals surface area contributed by atoms with Crippen molar-refractivity contribution in [1.82, 2.24) is 4.90 Å². The molecule has 1 fully saturated rings. The fourth-order valence-electron chi connectivity index (χ4n) is 4.04. The van der Waals surface area contributed by atoms with E-state index in [2.05, 4.69) is 32.3 Å². The van der Waals surface area contributed by atoms with E-state index in [0.29, 0.717) is 5.41 Å². The zero-order valence-electron chi connectivity index (χ0n) is 17.8. The smallest absolute Gasteiger partial charge is 0.0820 e. The maximum atomic E-state index is 6.25. The second-order valence-corrected chi connectivity index (χ2v) is 8.30. The van der Waals surface area contributed by atoms with Gasteiger partial charge in [0.15, 0.2) is 0 Å². The van der Waals surface area contributed by atoms with Gasteiger partial charge < -0.3 is 14.2 Å². The van der Waals surface area contributed by atoms with Crippen LogP contribution in [0.15, 0.2) is 12.7 Å². The van der Waals surface area contributed by atoms with Crippen molar-refractivity contribution >= 4 is 0 Å². The number of rotatable bonds is 11. The van der Waals surface area contributed by atoms with Gasteiger partial charge >= 0.3 is 0 Å². The lowest BCUT2D eigenvalue weighted by Gasteiger charge is -2.36. The van der Waals surface area contributed by atoms with Crippen molar-refractivity contribution in [2.24, 2.45) is 11.3 Å². The van der Waals surface area contributed by atoms with E-state index in [-0.39, 0.29) is 6.10 Å². The van der Waals surface area contributed by atoms with Crippen LogP contribution in [0.25, 0.3) is 0 Å². The van der Waals surface area contributed by atoms with Gasteiger partial charge in [-0.2, -0.15) is 0 Å². The second-order valence-electron chi connectivity index (χ2n) is 8.30. The van der Waals surface area contributed by atoms with E-state index in [1.807, 2.05) is 6.08 Å². The van der Waals surface area contributed by atoms with Gasteiger partial charge in [0.2, 0.25) is 0 Å². The summed E-state index contributed by atoms with van der Waals surface area (Å²) in [7, 11) is 1.75. The number of hydrogen-bond acceptors (Lipinski definition) is 4. The molecule has 4 nitrogen and oxygen atoms in total. The molecule has 2 atom stereocenters. The Balaban J connectivity index is 2.49. The molecule has 2 unspecified atom stereocenters. The molecule has 154 valence electrons. The van der Waals surface area contributed by atoms with E-state index in [1.54, 1.807) is 7.11 Å². The molecule has 0 aromatic rings. The first-order valence-corrected chi connectivity index (χ1v) is 10.5. The van der Waals surface area contributed by atoms with E-state index >= 15 is 0 Å². The molecule has 0 aromatic heterocycles. The highest BCUT2D eigenvalue weighted by Crippen LogP contribution is 2.37. The maximum absolute atomic E-state index is 6.25. The molecule has 4 heteroatoms. The normalized spacial score (nSPS) is 23.1. The summed E-state index contributed by atoms with van der Waals surface area (Å²) in [5.41, 5.74) is 0.397. The van der Waals surface area contributed by atoms with Gasteiger partial charge in [-0.15, -0.1) is 6.58 Å². The summed E-state index contributed by atoms with van der Waals surface area (Å²) in [5, 5.41) is 0. The molecule has 0 aliphatic carbocycles. The van der Waals surface area contributed by atoms with Gasteiger partial charge in [0.1, 0.15) is 0 Å². The van der Waals surface area contributed by atoms with Crippen molar-refractivity contribution in [1.29, 1.82) is 0 Å². The summed E-state index contributed by atoms with van der Waals surface area (Å²) in [6.45, 7) is 17.0. The quantitative estimate of drug-likeness (QED) is 0.500. The molecular weight excluding hydrogens is 326 g/mol. The van der Waals surface area contributed by atoms with Crippen molar-refractivity contribution in [3.05, 3.63) is 12.7 Å². The van der Waals surface area contributed by atoms with E-state index in [1.165, 1.54) is 32.1 Å². The van der Waals surface area contributed by atoms with Gasteiger partial charge in [0, 0.05) is 40.0 Å². The molecule has 1 saturated heterocycles. The molecule has 26 heavy (non-hydrogen) atoms. The average Bonchev–Trinajstić information content (AvgIpc) is 2.61. The van der Waals surface area contributed by atoms with Gasteiger partial charge in [-0.1, -0.05) is 33.3 Å². The fourth-order valence-corrected chi connectivity index (χ4v) is 4.04. The first kappa shape index (κ1) is 23.6. The Morgan fingerprint density at radius 1 is 1.23 bits per heavy atom. The molecule has 0 aromatic carbocycles. The highest BCUT2D eigenvalue weighted by Gasteiger charge is 2.28. The second kappa shape index (κ2) is 13.7. The van der Waals surface area contributed by atoms with Crippen LogP contribution in [0.3, 0.4) is 0 Å². The lowest BCUT2D eigenvalue weighted by atomic mass is 9.72. The van der Waals surface area contributed by atoms with Gasteiger partial charge in [-0.3, -0.25) is 4.90 Å². The lowest BCUT2D eigenvalue weighted by Crippen LogP contribution is -2.34. The molecule has 0 bridgehead atoms. The first-order valence-electron chi connectivity index (χ1n) is 10.5. The highest BCUT2D eigenvalue weighted by atomic mass is 16.5. The molecule has 1 rings (SSSR count). The third-order valence-corrected chi connectivity index (χ3v) is 5.73. The van der Waals surface area contributed by atoms with Crippen molar-refractivity contribution in [2.45, 2.75) is 65.4 Å². The van der Waals surface area contributed by atoms with Gasteiger partial charge in [0.25, 0.3) is 0 Å². The minimum atomic E-state index is 0.192. The molecule has 0 N–H and O–H groups in total. The van der Waals surface area contributed by atoms with Crippen LogP contribution in [0.4, 0.5) is 0 Å². The van der Waals surface area contributed by atoms with E-state index < -0.39 is 0 Å². The van der Waals surface area contributed by atoms with Crippen LogP contribution in [0.1, 0.15) is 59.3 Å². The van der Waals surface area contributed by atoms with E-state index in [0.717, 1.165) is 58.4 Å². The standard InChI is InChI=1S/C22H43NO3/c1-6-12-22(3,4)20-9-8-16-25-19-21(26-17-11-20)10-14-23(13-7-2)15-18-24-5/h7,20-21H,2,6,8-19H2,1,3-5H3. The summed E-state index contributed by atoms with van der Waals surface area (Å²) in [6, 6.07) is 0. The van der Waals surface area contributed by atoms with E-state index in [4.69, 9.17) is 14.2 Å². The zero-order chi connectivity index (χ0) is 19.3. The Morgan fingerprint density at radius 3 is 2.73 bits per heavy atom. The predicted octanol–water partition coefficient (Wildman–Crippen LogP) is 4.54. The summed E-state index contributed by atoms with van der Waals surface area (Å²) < 4.78 is 17.4. The van der Waals surface area contributed by atoms with Gasteiger partial charge in [0.05, 0.1) is 19.3 Å². The van der Waals surface area contributed by atoms with Crippen LogP contribution in [-0.4, -0.2) is 64.2 Å².